The lowest BCUT2D eigenvalue weighted by Gasteiger charge is -2.07. The Labute approximate surface area is 105 Å². The lowest BCUT2D eigenvalue weighted by Crippen LogP contribution is -2.28. The van der Waals surface area contributed by atoms with E-state index in [2.05, 4.69) is 5.32 Å². The highest BCUT2D eigenvalue weighted by atomic mass is 16.5. The first-order chi connectivity index (χ1) is 8.61. The van der Waals surface area contributed by atoms with Crippen molar-refractivity contribution in [3.63, 3.8) is 0 Å². The molecule has 0 heterocycles. The Balaban J connectivity index is 2.22. The number of rotatable bonds is 7. The van der Waals surface area contributed by atoms with Crippen LogP contribution in [0.1, 0.15) is 16.8 Å². The van der Waals surface area contributed by atoms with Crippen LogP contribution < -0.4 is 11.1 Å². The minimum Gasteiger partial charge on any atom is -0.481 e. The van der Waals surface area contributed by atoms with E-state index in [0.29, 0.717) is 17.8 Å². The monoisotopic (exact) mass is 252 g/mol. The molecule has 1 aromatic carbocycles. The van der Waals surface area contributed by atoms with Crippen molar-refractivity contribution in [3.05, 3.63) is 29.8 Å². The molecule has 0 saturated carbocycles. The molecule has 0 aliphatic rings. The number of hydrogen-bond donors (Lipinski definition) is 3. The Morgan fingerprint density at radius 3 is 2.67 bits per heavy atom. The summed E-state index contributed by atoms with van der Waals surface area (Å²) in [6, 6.07) is 6.77. The number of nitrogens with one attached hydrogen (secondary N) is 1. The molecule has 0 unspecified atom stereocenters. The second-order valence-electron chi connectivity index (χ2n) is 3.60. The van der Waals surface area contributed by atoms with Crippen LogP contribution in [0.15, 0.2) is 24.3 Å². The van der Waals surface area contributed by atoms with Crippen molar-refractivity contribution in [2.45, 2.75) is 6.42 Å². The van der Waals surface area contributed by atoms with Gasteiger partial charge in [0.1, 0.15) is 0 Å². The fourth-order valence-corrected chi connectivity index (χ4v) is 1.30. The van der Waals surface area contributed by atoms with Gasteiger partial charge in [-0.2, -0.15) is 0 Å². The van der Waals surface area contributed by atoms with Gasteiger partial charge in [-0.05, 0) is 12.1 Å². The highest BCUT2D eigenvalue weighted by Crippen LogP contribution is 2.09. The van der Waals surface area contributed by atoms with Gasteiger partial charge in [-0.25, -0.2) is 0 Å². The summed E-state index contributed by atoms with van der Waals surface area (Å²) in [5, 5.41) is 11.0. The van der Waals surface area contributed by atoms with Crippen LogP contribution in [0.4, 0.5) is 5.69 Å². The summed E-state index contributed by atoms with van der Waals surface area (Å²) in [5.74, 6) is -1.17. The molecular formula is C12H16N2O4. The molecule has 0 radical (unpaired) electrons. The van der Waals surface area contributed by atoms with Crippen molar-refractivity contribution in [1.82, 2.24) is 5.32 Å². The number of aliphatic carboxylic acids is 1. The number of benzene rings is 1. The summed E-state index contributed by atoms with van der Waals surface area (Å²) >= 11 is 0. The van der Waals surface area contributed by atoms with E-state index >= 15 is 0 Å². The van der Waals surface area contributed by atoms with Gasteiger partial charge >= 0.3 is 5.97 Å². The maximum absolute atomic E-state index is 11.7. The molecule has 4 N–H and O–H groups in total. The fourth-order valence-electron chi connectivity index (χ4n) is 1.30. The second-order valence-corrected chi connectivity index (χ2v) is 3.60. The standard InChI is InChI=1S/C12H16N2O4/c13-10-4-2-1-3-9(10)12(17)14-6-8-18-7-5-11(15)16/h1-4H,5-8,13H2,(H,14,17)(H,15,16). The van der Waals surface area contributed by atoms with Gasteiger partial charge in [-0.3, -0.25) is 9.59 Å². The normalized spacial score (nSPS) is 10.0. The van der Waals surface area contributed by atoms with Crippen LogP contribution in [-0.4, -0.2) is 36.7 Å². The molecule has 0 spiro atoms. The molecule has 18 heavy (non-hydrogen) atoms. The summed E-state index contributed by atoms with van der Waals surface area (Å²) in [4.78, 5) is 21.9. The Morgan fingerprint density at radius 2 is 2.00 bits per heavy atom. The molecule has 98 valence electrons. The summed E-state index contributed by atoms with van der Waals surface area (Å²) in [5.41, 5.74) is 6.49. The van der Waals surface area contributed by atoms with E-state index < -0.39 is 5.97 Å². The number of nitrogen functional groups attached to an aromatic ring is 1. The maximum Gasteiger partial charge on any atom is 0.305 e. The predicted octanol–water partition coefficient (Wildman–Crippen LogP) is 0.490. The molecule has 0 bridgehead atoms. The number of nitrogens with two attached hydrogens (primary N) is 1. The molecule has 0 aliphatic carbocycles. The highest BCUT2D eigenvalue weighted by molar-refractivity contribution is 5.99. The first-order valence-corrected chi connectivity index (χ1v) is 5.53. The number of ether oxygens (including phenoxy) is 1. The number of amides is 1. The number of hydrogen-bond acceptors (Lipinski definition) is 4. The number of carbonyl (C=O) groups excluding carboxylic acids is 1. The van der Waals surface area contributed by atoms with Crippen LogP contribution in [0.2, 0.25) is 0 Å². The molecule has 0 saturated heterocycles. The summed E-state index contributed by atoms with van der Waals surface area (Å²) in [7, 11) is 0. The van der Waals surface area contributed by atoms with Crippen molar-refractivity contribution in [1.29, 1.82) is 0 Å². The third kappa shape index (κ3) is 4.84. The second kappa shape index (κ2) is 7.29. The van der Waals surface area contributed by atoms with E-state index in [1.807, 2.05) is 0 Å². The fraction of sp³-hybridized carbons (Fsp3) is 0.333. The molecule has 6 nitrogen and oxygen atoms in total. The third-order valence-corrected chi connectivity index (χ3v) is 2.20. The molecule has 0 aliphatic heterocycles. The van der Waals surface area contributed by atoms with E-state index in [1.165, 1.54) is 0 Å². The zero-order valence-corrected chi connectivity index (χ0v) is 9.89. The van der Waals surface area contributed by atoms with Gasteiger partial charge in [0.2, 0.25) is 0 Å². The minimum absolute atomic E-state index is 0.0421. The topological polar surface area (TPSA) is 102 Å². The number of anilines is 1. The molecule has 0 atom stereocenters. The number of para-hydroxylation sites is 1. The van der Waals surface area contributed by atoms with Gasteiger partial charge in [0.15, 0.2) is 0 Å². The lowest BCUT2D eigenvalue weighted by atomic mass is 10.2. The quantitative estimate of drug-likeness (QED) is 0.484. The number of carboxylic acid groups (broad SMARTS) is 1. The summed E-state index contributed by atoms with van der Waals surface area (Å²) in [6.07, 6.45) is -0.0421. The summed E-state index contributed by atoms with van der Waals surface area (Å²) in [6.45, 7) is 0.719. The SMILES string of the molecule is Nc1ccccc1C(=O)NCCOCCC(=O)O. The van der Waals surface area contributed by atoms with Crippen molar-refractivity contribution in [3.8, 4) is 0 Å². The highest BCUT2D eigenvalue weighted by Gasteiger charge is 2.07. The molecule has 1 aromatic rings. The maximum atomic E-state index is 11.7. The molecule has 1 amide bonds. The van der Waals surface area contributed by atoms with Gasteiger partial charge in [0, 0.05) is 12.2 Å². The summed E-state index contributed by atoms with van der Waals surface area (Å²) < 4.78 is 5.03. The molecule has 0 aromatic heterocycles. The van der Waals surface area contributed by atoms with Crippen LogP contribution in [0.5, 0.6) is 0 Å². The van der Waals surface area contributed by atoms with Gasteiger partial charge in [-0.15, -0.1) is 0 Å². The third-order valence-electron chi connectivity index (χ3n) is 2.20. The largest absolute Gasteiger partial charge is 0.481 e. The van der Waals surface area contributed by atoms with Crippen molar-refractivity contribution >= 4 is 17.6 Å². The average Bonchev–Trinajstić information content (AvgIpc) is 2.33. The molecule has 1 rings (SSSR count). The lowest BCUT2D eigenvalue weighted by molar-refractivity contribution is -0.138. The van der Waals surface area contributed by atoms with Crippen molar-refractivity contribution in [2.24, 2.45) is 0 Å². The predicted molar refractivity (Wildman–Crippen MR) is 66.3 cm³/mol. The van der Waals surface area contributed by atoms with Crippen LogP contribution in [0.3, 0.4) is 0 Å². The first kappa shape index (κ1) is 14.0. The van der Waals surface area contributed by atoms with Gasteiger partial charge in [0.25, 0.3) is 5.91 Å². The first-order valence-electron chi connectivity index (χ1n) is 5.53. The molecular weight excluding hydrogens is 236 g/mol. The van der Waals surface area contributed by atoms with Gasteiger partial charge < -0.3 is 20.9 Å². The Kier molecular flexibility index (Phi) is 5.66. The zero-order valence-electron chi connectivity index (χ0n) is 9.89. The van der Waals surface area contributed by atoms with E-state index in [1.54, 1.807) is 24.3 Å². The number of carboxylic acids is 1. The van der Waals surface area contributed by atoms with Crippen LogP contribution in [0, 0.1) is 0 Å². The van der Waals surface area contributed by atoms with Crippen LogP contribution >= 0.6 is 0 Å². The van der Waals surface area contributed by atoms with Gasteiger partial charge in [-0.1, -0.05) is 12.1 Å². The van der Waals surface area contributed by atoms with Crippen molar-refractivity contribution < 1.29 is 19.4 Å². The molecule has 6 heteroatoms. The van der Waals surface area contributed by atoms with Crippen molar-refractivity contribution in [2.75, 3.05) is 25.5 Å². The van der Waals surface area contributed by atoms with Crippen LogP contribution in [0.25, 0.3) is 0 Å². The molecule has 0 fully saturated rings. The van der Waals surface area contributed by atoms with E-state index in [0.717, 1.165) is 0 Å². The van der Waals surface area contributed by atoms with Crippen LogP contribution in [-0.2, 0) is 9.53 Å². The average molecular weight is 252 g/mol. The van der Waals surface area contributed by atoms with Gasteiger partial charge in [0.05, 0.1) is 25.2 Å². The Morgan fingerprint density at radius 1 is 1.28 bits per heavy atom. The zero-order chi connectivity index (χ0) is 13.4. The van der Waals surface area contributed by atoms with E-state index in [-0.39, 0.29) is 25.5 Å². The Bertz CT molecular complexity index is 420. The van der Waals surface area contributed by atoms with E-state index in [4.69, 9.17) is 15.6 Å². The Hall–Kier alpha value is -2.08. The van der Waals surface area contributed by atoms with E-state index in [9.17, 15) is 9.59 Å². The minimum atomic E-state index is -0.906. The smallest absolute Gasteiger partial charge is 0.305 e. The number of carbonyl (C=O) groups is 2.